The van der Waals surface area contributed by atoms with Crippen molar-refractivity contribution >= 4 is 23.8 Å². The molecule has 2 rings (SSSR count). The minimum Gasteiger partial charge on any atom is -0.311 e. The molecule has 2 fully saturated rings. The van der Waals surface area contributed by atoms with E-state index in [0.717, 1.165) is 4.90 Å². The van der Waals surface area contributed by atoms with Gasteiger partial charge in [-0.3, -0.25) is 9.59 Å². The van der Waals surface area contributed by atoms with Crippen LogP contribution in [0.2, 0.25) is 0 Å². The lowest BCUT2D eigenvalue weighted by Crippen LogP contribution is -2.64. The second kappa shape index (κ2) is 3.94. The molecular weight excluding hydrogens is 268 g/mol. The van der Waals surface area contributed by atoms with Crippen molar-refractivity contribution in [1.29, 1.82) is 0 Å². The molecule has 2 aliphatic rings. The third kappa shape index (κ3) is 1.41. The Kier molecular flexibility index (Phi) is 2.81. The predicted molar refractivity (Wildman–Crippen MR) is 68.4 cm³/mol. The second-order valence-electron chi connectivity index (χ2n) is 5.53. The number of likely N-dealkylation sites (N-methyl/N-ethyl adjacent to an activating group) is 2. The molecule has 20 heavy (non-hydrogen) atoms. The molecule has 2 heterocycles. The van der Waals surface area contributed by atoms with Crippen molar-refractivity contribution in [3.63, 3.8) is 0 Å². The number of nitrogens with one attached hydrogen (secondary N) is 1. The van der Waals surface area contributed by atoms with Crippen LogP contribution in [-0.4, -0.2) is 63.9 Å². The van der Waals surface area contributed by atoms with Crippen LogP contribution in [0.3, 0.4) is 0 Å². The van der Waals surface area contributed by atoms with Crippen LogP contribution in [-0.2, 0) is 9.59 Å². The van der Waals surface area contributed by atoms with E-state index in [1.807, 2.05) is 0 Å². The average molecular weight is 286 g/mol. The highest BCUT2D eigenvalue weighted by Gasteiger charge is 2.70. The number of hydrogen-bond donors (Lipinski definition) is 1. The predicted octanol–water partition coefficient (Wildman–Crippen LogP) is -0.0531. The van der Waals surface area contributed by atoms with Gasteiger partial charge in [-0.05, 0) is 20.8 Å². The Bertz CT molecular complexity index is 534. The number of Topliss-reactive ketones (excluding diaryl/α,β-unsaturated/α-hetero) is 1. The standard InChI is InChI=1S/C12H18N4O4/c1-7(17)6-8(18)16-10(20)15(5)12(3)11(16,2)13-9(19)14(12)4/h6H2,1-5H3,(H,13,19)/t11-,12+/m1/s1/i1+1,6+1,7+1,8+1. The first-order valence-corrected chi connectivity index (χ1v) is 6.23. The Morgan fingerprint density at radius 3 is 2.20 bits per heavy atom. The Balaban J connectivity index is 2.50. The van der Waals surface area contributed by atoms with E-state index in [0.29, 0.717) is 0 Å². The number of hydrogen-bond acceptors (Lipinski definition) is 4. The number of amides is 5. The highest BCUT2D eigenvalue weighted by Crippen LogP contribution is 2.44. The number of ketones is 1. The van der Waals surface area contributed by atoms with E-state index < -0.39 is 23.3 Å². The van der Waals surface area contributed by atoms with Crippen LogP contribution in [0.15, 0.2) is 0 Å². The normalized spacial score (nSPS) is 32.5. The van der Waals surface area contributed by atoms with Gasteiger partial charge in [0, 0.05) is 14.1 Å². The first-order valence-electron chi connectivity index (χ1n) is 6.23. The third-order valence-electron chi connectivity index (χ3n) is 4.46. The fourth-order valence-electron chi connectivity index (χ4n) is 2.93. The quantitative estimate of drug-likeness (QED) is 0.569. The third-order valence-corrected chi connectivity index (χ3v) is 4.46. The molecule has 0 aromatic rings. The molecule has 0 aromatic carbocycles. The first kappa shape index (κ1) is 14.3. The lowest BCUT2D eigenvalue weighted by Gasteiger charge is -2.40. The van der Waals surface area contributed by atoms with Crippen LogP contribution in [0.4, 0.5) is 9.59 Å². The van der Waals surface area contributed by atoms with Crippen molar-refractivity contribution in [3.05, 3.63) is 0 Å². The summed E-state index contributed by atoms with van der Waals surface area (Å²) in [5.41, 5.74) is -2.22. The summed E-state index contributed by atoms with van der Waals surface area (Å²) >= 11 is 0. The van der Waals surface area contributed by atoms with E-state index in [1.165, 1.54) is 23.8 Å². The van der Waals surface area contributed by atoms with Gasteiger partial charge in [-0.25, -0.2) is 14.5 Å². The molecule has 0 saturated carbocycles. The average Bonchev–Trinajstić information content (AvgIpc) is 2.58. The van der Waals surface area contributed by atoms with Crippen LogP contribution in [0.5, 0.6) is 0 Å². The van der Waals surface area contributed by atoms with Crippen molar-refractivity contribution in [1.82, 2.24) is 20.0 Å². The number of carbonyl (C=O) groups is 4. The Morgan fingerprint density at radius 1 is 1.15 bits per heavy atom. The molecule has 0 bridgehead atoms. The number of fused-ring (bicyclic) bond motifs is 1. The van der Waals surface area contributed by atoms with Crippen molar-refractivity contribution < 1.29 is 19.2 Å². The molecule has 0 aliphatic carbocycles. The van der Waals surface area contributed by atoms with Gasteiger partial charge in [0.15, 0.2) is 11.3 Å². The molecule has 8 heteroatoms. The van der Waals surface area contributed by atoms with E-state index in [-0.39, 0.29) is 18.2 Å². The van der Waals surface area contributed by atoms with Gasteiger partial charge < -0.3 is 15.1 Å². The van der Waals surface area contributed by atoms with E-state index >= 15 is 0 Å². The lowest BCUT2D eigenvalue weighted by atomic mass is 9.98. The van der Waals surface area contributed by atoms with Gasteiger partial charge in [0.1, 0.15) is 5.78 Å². The minimum absolute atomic E-state index is 0.333. The Hall–Kier alpha value is -2.12. The number of nitrogens with zero attached hydrogens (tertiary/aromatic N) is 3. The summed E-state index contributed by atoms with van der Waals surface area (Å²) < 4.78 is 0. The van der Waals surface area contributed by atoms with Crippen LogP contribution in [0, 0.1) is 0 Å². The van der Waals surface area contributed by atoms with Crippen molar-refractivity contribution in [3.8, 4) is 0 Å². The lowest BCUT2D eigenvalue weighted by molar-refractivity contribution is -0.136. The maximum atomic E-state index is 12.3. The minimum atomic E-state index is -1.21. The molecule has 5 amide bonds. The summed E-state index contributed by atoms with van der Waals surface area (Å²) in [6.45, 7) is 4.58. The zero-order valence-corrected chi connectivity index (χ0v) is 12.2. The van der Waals surface area contributed by atoms with Crippen LogP contribution in [0.25, 0.3) is 0 Å². The number of imide groups is 1. The van der Waals surface area contributed by atoms with E-state index in [9.17, 15) is 19.2 Å². The van der Waals surface area contributed by atoms with Crippen LogP contribution < -0.4 is 5.32 Å². The SMILES string of the molecule is CN1C(=O)N[C@]2(C)N([13C](=O)[13CH2][13C]([13CH3])=O)C(=O)N(C)[C@]12C. The Morgan fingerprint density at radius 2 is 1.70 bits per heavy atom. The largest absolute Gasteiger partial charge is 0.330 e. The highest BCUT2D eigenvalue weighted by molar-refractivity contribution is 6.06. The summed E-state index contributed by atoms with van der Waals surface area (Å²) in [7, 11) is 3.09. The zero-order chi connectivity index (χ0) is 15.5. The molecule has 8 nitrogen and oxygen atoms in total. The van der Waals surface area contributed by atoms with Crippen LogP contribution >= 0.6 is 0 Å². The molecule has 2 atom stereocenters. The van der Waals surface area contributed by atoms with Crippen LogP contribution in [0.1, 0.15) is 27.2 Å². The first-order chi connectivity index (χ1) is 9.07. The zero-order valence-electron chi connectivity index (χ0n) is 12.2. The molecule has 110 valence electrons. The van der Waals surface area contributed by atoms with Crippen molar-refractivity contribution in [2.24, 2.45) is 0 Å². The maximum absolute atomic E-state index is 12.3. The van der Waals surface area contributed by atoms with Gasteiger partial charge in [-0.2, -0.15) is 0 Å². The highest BCUT2D eigenvalue weighted by atomic mass is 16.3. The molecule has 0 unspecified atom stereocenters. The van der Waals surface area contributed by atoms with Gasteiger partial charge in [-0.1, -0.05) is 0 Å². The molecule has 0 aromatic heterocycles. The van der Waals surface area contributed by atoms with Crippen molar-refractivity contribution in [2.75, 3.05) is 14.1 Å². The van der Waals surface area contributed by atoms with E-state index in [4.69, 9.17) is 0 Å². The van der Waals surface area contributed by atoms with E-state index in [1.54, 1.807) is 20.9 Å². The topological polar surface area (TPSA) is 90.0 Å². The summed E-state index contributed by atoms with van der Waals surface area (Å²) in [6.07, 6.45) is -0.370. The fraction of sp³-hybridized carbons (Fsp3) is 0.667. The molecule has 2 saturated heterocycles. The second-order valence-corrected chi connectivity index (χ2v) is 5.53. The summed E-state index contributed by atoms with van der Waals surface area (Å²) in [5.74, 6) is -0.948. The number of carbonyl (C=O) groups excluding carboxylic acids is 4. The molecule has 0 spiro atoms. The molecule has 1 N–H and O–H groups in total. The number of urea groups is 2. The number of rotatable bonds is 2. The van der Waals surface area contributed by atoms with Gasteiger partial charge in [0.25, 0.3) is 0 Å². The summed E-state index contributed by atoms with van der Waals surface area (Å²) in [4.78, 5) is 51.3. The van der Waals surface area contributed by atoms with Gasteiger partial charge in [0.2, 0.25) is 5.91 Å². The van der Waals surface area contributed by atoms with E-state index in [2.05, 4.69) is 5.32 Å². The molecule has 0 radical (unpaired) electrons. The molecule has 2 aliphatic heterocycles. The monoisotopic (exact) mass is 286 g/mol. The summed E-state index contributed by atoms with van der Waals surface area (Å²) in [5, 5.41) is 2.67. The Labute approximate surface area is 116 Å². The van der Waals surface area contributed by atoms with Gasteiger partial charge in [0.05, 0.1) is 6.42 Å². The fourth-order valence-corrected chi connectivity index (χ4v) is 2.93. The van der Waals surface area contributed by atoms with Gasteiger partial charge in [-0.15, -0.1) is 0 Å². The van der Waals surface area contributed by atoms with Gasteiger partial charge >= 0.3 is 12.1 Å². The maximum Gasteiger partial charge on any atom is 0.330 e. The smallest absolute Gasteiger partial charge is 0.311 e. The van der Waals surface area contributed by atoms with Crippen molar-refractivity contribution in [2.45, 2.75) is 38.5 Å². The summed E-state index contributed by atoms with van der Waals surface area (Å²) in [6, 6.07) is -0.914. The molecular formula is C12H18N4O4.